The van der Waals surface area contributed by atoms with Gasteiger partial charge < -0.3 is 9.64 Å². The molecular formula is C17H19N3O. The monoisotopic (exact) mass is 281 g/mol. The summed E-state index contributed by atoms with van der Waals surface area (Å²) in [6, 6.07) is 13.9. The van der Waals surface area contributed by atoms with E-state index in [2.05, 4.69) is 34.3 Å². The second-order valence-electron chi connectivity index (χ2n) is 5.24. The first-order valence-corrected chi connectivity index (χ1v) is 7.16. The van der Waals surface area contributed by atoms with Gasteiger partial charge in [0.1, 0.15) is 5.75 Å². The SMILES string of the molecule is COc1ccc(/N=N/c2ccc3c(c2)CCCN3C)cc1. The summed E-state index contributed by atoms with van der Waals surface area (Å²) in [6.45, 7) is 1.12. The minimum atomic E-state index is 0.825. The van der Waals surface area contributed by atoms with Crippen molar-refractivity contribution < 1.29 is 4.74 Å². The number of rotatable bonds is 3. The molecule has 0 bridgehead atoms. The second kappa shape index (κ2) is 5.95. The Morgan fingerprint density at radius 2 is 1.71 bits per heavy atom. The lowest BCUT2D eigenvalue weighted by Gasteiger charge is -2.27. The summed E-state index contributed by atoms with van der Waals surface area (Å²) < 4.78 is 5.13. The fraction of sp³-hybridized carbons (Fsp3) is 0.294. The van der Waals surface area contributed by atoms with Gasteiger partial charge in [-0.15, -0.1) is 0 Å². The van der Waals surface area contributed by atoms with Gasteiger partial charge in [0.05, 0.1) is 18.5 Å². The van der Waals surface area contributed by atoms with Gasteiger partial charge in [-0.2, -0.15) is 10.2 Å². The highest BCUT2D eigenvalue weighted by atomic mass is 16.5. The zero-order chi connectivity index (χ0) is 14.7. The minimum Gasteiger partial charge on any atom is -0.497 e. The van der Waals surface area contributed by atoms with Crippen molar-refractivity contribution in [1.29, 1.82) is 0 Å². The maximum Gasteiger partial charge on any atom is 0.119 e. The lowest BCUT2D eigenvalue weighted by Crippen LogP contribution is -2.24. The Labute approximate surface area is 125 Å². The topological polar surface area (TPSA) is 37.2 Å². The van der Waals surface area contributed by atoms with Crippen LogP contribution < -0.4 is 9.64 Å². The van der Waals surface area contributed by atoms with Crippen LogP contribution in [0.3, 0.4) is 0 Å². The maximum absolute atomic E-state index is 5.13. The van der Waals surface area contributed by atoms with Gasteiger partial charge in [-0.25, -0.2) is 0 Å². The molecule has 0 amide bonds. The third-order valence-electron chi connectivity index (χ3n) is 3.77. The molecule has 0 spiro atoms. The standard InChI is InChI=1S/C17H19N3O/c1-20-11-3-4-13-12-15(7-10-17(13)20)19-18-14-5-8-16(21-2)9-6-14/h5-10,12H,3-4,11H2,1-2H3/b19-18+. The van der Waals surface area contributed by atoms with Crippen LogP contribution in [0.5, 0.6) is 5.75 Å². The third-order valence-corrected chi connectivity index (χ3v) is 3.77. The summed E-state index contributed by atoms with van der Waals surface area (Å²) in [5.41, 5.74) is 4.39. The summed E-state index contributed by atoms with van der Waals surface area (Å²) in [4.78, 5) is 2.29. The van der Waals surface area contributed by atoms with Crippen LogP contribution in [0.15, 0.2) is 52.7 Å². The number of aryl methyl sites for hydroxylation is 1. The number of fused-ring (bicyclic) bond motifs is 1. The Balaban J connectivity index is 1.79. The van der Waals surface area contributed by atoms with Crippen LogP contribution in [-0.2, 0) is 6.42 Å². The van der Waals surface area contributed by atoms with Crippen molar-refractivity contribution in [3.63, 3.8) is 0 Å². The molecule has 0 fully saturated rings. The van der Waals surface area contributed by atoms with E-state index in [0.29, 0.717) is 0 Å². The zero-order valence-corrected chi connectivity index (χ0v) is 12.4. The Bertz CT molecular complexity index is 650. The zero-order valence-electron chi connectivity index (χ0n) is 12.4. The van der Waals surface area contributed by atoms with Crippen molar-refractivity contribution in [2.45, 2.75) is 12.8 Å². The number of hydrogen-bond donors (Lipinski definition) is 0. The van der Waals surface area contributed by atoms with Gasteiger partial charge in [0.25, 0.3) is 0 Å². The van der Waals surface area contributed by atoms with Crippen molar-refractivity contribution in [2.75, 3.05) is 25.6 Å². The molecule has 0 saturated carbocycles. The van der Waals surface area contributed by atoms with Crippen molar-refractivity contribution in [3.05, 3.63) is 48.0 Å². The molecule has 1 aliphatic rings. The molecule has 0 aliphatic carbocycles. The van der Waals surface area contributed by atoms with Crippen LogP contribution in [0, 0.1) is 0 Å². The molecule has 108 valence electrons. The van der Waals surface area contributed by atoms with E-state index in [1.807, 2.05) is 30.3 Å². The summed E-state index contributed by atoms with van der Waals surface area (Å²) in [5, 5.41) is 8.61. The largest absolute Gasteiger partial charge is 0.497 e. The van der Waals surface area contributed by atoms with E-state index in [-0.39, 0.29) is 0 Å². The van der Waals surface area contributed by atoms with Gasteiger partial charge in [-0.1, -0.05) is 0 Å². The van der Waals surface area contributed by atoms with E-state index >= 15 is 0 Å². The van der Waals surface area contributed by atoms with Crippen LogP contribution in [-0.4, -0.2) is 20.7 Å². The molecule has 0 N–H and O–H groups in total. The molecule has 4 nitrogen and oxygen atoms in total. The lowest BCUT2D eigenvalue weighted by atomic mass is 10.0. The van der Waals surface area contributed by atoms with E-state index < -0.39 is 0 Å². The van der Waals surface area contributed by atoms with Crippen LogP contribution in [0.2, 0.25) is 0 Å². The molecule has 21 heavy (non-hydrogen) atoms. The fourth-order valence-corrected chi connectivity index (χ4v) is 2.60. The van der Waals surface area contributed by atoms with Crippen LogP contribution in [0.4, 0.5) is 17.1 Å². The van der Waals surface area contributed by atoms with Crippen molar-refractivity contribution >= 4 is 17.1 Å². The Hall–Kier alpha value is -2.36. The first-order valence-electron chi connectivity index (χ1n) is 7.16. The minimum absolute atomic E-state index is 0.825. The number of hydrogen-bond acceptors (Lipinski definition) is 4. The number of nitrogens with zero attached hydrogens (tertiary/aromatic N) is 3. The summed E-state index contributed by atoms with van der Waals surface area (Å²) in [6.07, 6.45) is 2.31. The fourth-order valence-electron chi connectivity index (χ4n) is 2.60. The Morgan fingerprint density at radius 3 is 2.48 bits per heavy atom. The number of azo groups is 1. The number of methoxy groups -OCH3 is 1. The molecule has 0 atom stereocenters. The molecule has 4 heteroatoms. The van der Waals surface area contributed by atoms with E-state index in [9.17, 15) is 0 Å². The molecule has 0 radical (unpaired) electrons. The Morgan fingerprint density at radius 1 is 1.00 bits per heavy atom. The number of ether oxygens (including phenoxy) is 1. The van der Waals surface area contributed by atoms with Gasteiger partial charge in [-0.05, 0) is 60.9 Å². The Kier molecular flexibility index (Phi) is 3.86. The molecule has 2 aromatic rings. The molecule has 3 rings (SSSR count). The average Bonchev–Trinajstić information content (AvgIpc) is 2.53. The molecule has 1 aliphatic heterocycles. The van der Waals surface area contributed by atoms with Crippen molar-refractivity contribution in [1.82, 2.24) is 0 Å². The van der Waals surface area contributed by atoms with Gasteiger partial charge in [0, 0.05) is 19.3 Å². The number of benzene rings is 2. The van der Waals surface area contributed by atoms with E-state index in [1.165, 1.54) is 17.7 Å². The predicted octanol–water partition coefficient (Wildman–Crippen LogP) is 4.49. The molecule has 1 heterocycles. The normalized spacial score (nSPS) is 14.3. The second-order valence-corrected chi connectivity index (χ2v) is 5.24. The molecular weight excluding hydrogens is 262 g/mol. The van der Waals surface area contributed by atoms with Crippen LogP contribution in [0.1, 0.15) is 12.0 Å². The van der Waals surface area contributed by atoms with Gasteiger partial charge in [0.15, 0.2) is 0 Å². The van der Waals surface area contributed by atoms with E-state index in [0.717, 1.165) is 30.1 Å². The highest BCUT2D eigenvalue weighted by Gasteiger charge is 2.13. The maximum atomic E-state index is 5.13. The quantitative estimate of drug-likeness (QED) is 0.777. The molecule has 0 aromatic heterocycles. The smallest absolute Gasteiger partial charge is 0.119 e. The first kappa shape index (κ1) is 13.6. The molecule has 2 aromatic carbocycles. The van der Waals surface area contributed by atoms with Crippen molar-refractivity contribution in [2.24, 2.45) is 10.2 Å². The summed E-state index contributed by atoms with van der Waals surface area (Å²) >= 11 is 0. The molecule has 0 unspecified atom stereocenters. The highest BCUT2D eigenvalue weighted by molar-refractivity contribution is 5.60. The van der Waals surface area contributed by atoms with Gasteiger partial charge >= 0.3 is 0 Å². The van der Waals surface area contributed by atoms with Crippen LogP contribution in [0.25, 0.3) is 0 Å². The van der Waals surface area contributed by atoms with Crippen molar-refractivity contribution in [3.8, 4) is 5.75 Å². The molecule has 0 saturated heterocycles. The summed E-state index contributed by atoms with van der Waals surface area (Å²) in [5.74, 6) is 0.825. The van der Waals surface area contributed by atoms with Crippen LogP contribution >= 0.6 is 0 Å². The predicted molar refractivity (Wildman–Crippen MR) is 85.2 cm³/mol. The van der Waals surface area contributed by atoms with Gasteiger partial charge in [0.2, 0.25) is 0 Å². The average molecular weight is 281 g/mol. The van der Waals surface area contributed by atoms with E-state index in [1.54, 1.807) is 7.11 Å². The van der Waals surface area contributed by atoms with Gasteiger partial charge in [-0.3, -0.25) is 0 Å². The number of anilines is 1. The highest BCUT2D eigenvalue weighted by Crippen LogP contribution is 2.30. The lowest BCUT2D eigenvalue weighted by molar-refractivity contribution is 0.415. The van der Waals surface area contributed by atoms with E-state index in [4.69, 9.17) is 4.74 Å². The third kappa shape index (κ3) is 3.05. The summed E-state index contributed by atoms with van der Waals surface area (Å²) in [7, 11) is 3.79. The first-order chi connectivity index (χ1) is 10.3.